The summed E-state index contributed by atoms with van der Waals surface area (Å²) in [5.74, 6) is 6.70. The molecule has 2 heteroatoms. The number of nitrogens with zero attached hydrogens (tertiary/aromatic N) is 2. The van der Waals surface area contributed by atoms with Crippen molar-refractivity contribution in [1.29, 1.82) is 0 Å². The Morgan fingerprint density at radius 1 is 0.344 bits per heavy atom. The van der Waals surface area contributed by atoms with Crippen molar-refractivity contribution in [2.75, 3.05) is 4.90 Å². The van der Waals surface area contributed by atoms with E-state index in [-0.39, 0.29) is 10.8 Å². The van der Waals surface area contributed by atoms with E-state index in [1.54, 1.807) is 22.3 Å². The van der Waals surface area contributed by atoms with E-state index in [1.807, 2.05) is 0 Å². The zero-order valence-electron chi connectivity index (χ0n) is 36.6. The molecule has 8 fully saturated rings. The highest BCUT2D eigenvalue weighted by atomic mass is 15.1. The van der Waals surface area contributed by atoms with E-state index in [0.29, 0.717) is 0 Å². The van der Waals surface area contributed by atoms with Crippen molar-refractivity contribution in [3.8, 4) is 27.9 Å². The van der Waals surface area contributed by atoms with Crippen LogP contribution in [0.15, 0.2) is 158 Å². The highest BCUT2D eigenvalue weighted by Gasteiger charge is 2.63. The van der Waals surface area contributed by atoms with Crippen molar-refractivity contribution in [2.45, 2.75) is 75.0 Å². The van der Waals surface area contributed by atoms with Gasteiger partial charge in [-0.25, -0.2) is 0 Å². The molecule has 2 spiro atoms. The average molecular weight is 827 g/mol. The van der Waals surface area contributed by atoms with Gasteiger partial charge in [0.1, 0.15) is 0 Å². The molecule has 1 aromatic heterocycles. The van der Waals surface area contributed by atoms with E-state index in [2.05, 4.69) is 167 Å². The summed E-state index contributed by atoms with van der Waals surface area (Å²) in [5.41, 5.74) is 20.2. The second kappa shape index (κ2) is 12.5. The Labute approximate surface area is 377 Å². The van der Waals surface area contributed by atoms with Crippen LogP contribution in [-0.4, -0.2) is 4.57 Å². The molecule has 8 bridgehead atoms. The normalized spacial score (nSPS) is 31.6. The van der Waals surface area contributed by atoms with Crippen LogP contribution >= 0.6 is 0 Å². The number of fused-ring (bicyclic) bond motifs is 9. The third-order valence-electron chi connectivity index (χ3n) is 19.5. The first-order valence-electron chi connectivity index (χ1n) is 25.0. The molecule has 312 valence electrons. The molecule has 8 aromatic rings. The van der Waals surface area contributed by atoms with Gasteiger partial charge in [-0.2, -0.15) is 0 Å². The van der Waals surface area contributed by atoms with Gasteiger partial charge in [-0.05, 0) is 217 Å². The summed E-state index contributed by atoms with van der Waals surface area (Å²) in [6.45, 7) is 0. The second-order valence-corrected chi connectivity index (χ2v) is 22.1. The maximum absolute atomic E-state index is 2.69. The molecular weight excluding hydrogens is 773 g/mol. The van der Waals surface area contributed by atoms with Crippen LogP contribution in [0.3, 0.4) is 0 Å². The van der Waals surface area contributed by atoms with Gasteiger partial charge in [0.15, 0.2) is 0 Å². The Kier molecular flexibility index (Phi) is 6.92. The molecule has 8 saturated carbocycles. The first kappa shape index (κ1) is 35.5. The summed E-state index contributed by atoms with van der Waals surface area (Å²) < 4.78 is 2.46. The molecule has 64 heavy (non-hydrogen) atoms. The molecule has 18 rings (SSSR count). The zero-order valence-corrected chi connectivity index (χ0v) is 36.6. The highest BCUT2D eigenvalue weighted by Crippen LogP contribution is 2.71. The fraction of sp³-hybridized carbons (Fsp3) is 0.323. The first-order valence-corrected chi connectivity index (χ1v) is 25.0. The molecule has 0 N–H and O–H groups in total. The molecule has 2 nitrogen and oxygen atoms in total. The number of anilines is 3. The number of hydrogen-bond acceptors (Lipinski definition) is 1. The van der Waals surface area contributed by atoms with Crippen molar-refractivity contribution < 1.29 is 0 Å². The van der Waals surface area contributed by atoms with Crippen molar-refractivity contribution >= 4 is 38.9 Å². The third-order valence-corrected chi connectivity index (χ3v) is 19.5. The van der Waals surface area contributed by atoms with Gasteiger partial charge >= 0.3 is 0 Å². The standard InChI is InChI=1S/C62H54N2/c1-5-13-55-49(9-1)51-23-21-48(36-58(51)62(55)43-31-39-26-40(33-43)34-44(62)32-39)63(45-17-19-46(20-18-45)64-59-15-7-3-11-52(59)53-12-4-8-16-60(53)64)47-22-24-57-54(35-47)50-10-2-6-14-56(50)61(57)41-27-37-25-38(29-41)30-42(61)28-37/h1-24,35-44H,25-34H2. The lowest BCUT2D eigenvalue weighted by molar-refractivity contribution is -0.0399. The third kappa shape index (κ3) is 4.35. The van der Waals surface area contributed by atoms with E-state index < -0.39 is 0 Å². The van der Waals surface area contributed by atoms with Gasteiger partial charge < -0.3 is 9.47 Å². The van der Waals surface area contributed by atoms with Gasteiger partial charge in [0.25, 0.3) is 0 Å². The van der Waals surface area contributed by atoms with Gasteiger partial charge in [0.05, 0.1) is 11.0 Å². The fourth-order valence-corrected chi connectivity index (χ4v) is 18.0. The molecule has 0 saturated heterocycles. The smallest absolute Gasteiger partial charge is 0.0541 e. The van der Waals surface area contributed by atoms with Crippen LogP contribution in [0.25, 0.3) is 49.7 Å². The maximum Gasteiger partial charge on any atom is 0.0541 e. The van der Waals surface area contributed by atoms with Gasteiger partial charge in [0, 0.05) is 44.4 Å². The molecule has 1 heterocycles. The zero-order chi connectivity index (χ0) is 41.5. The van der Waals surface area contributed by atoms with Crippen LogP contribution in [0.5, 0.6) is 0 Å². The lowest BCUT2D eigenvalue weighted by atomic mass is 9.43. The van der Waals surface area contributed by atoms with Crippen molar-refractivity contribution in [1.82, 2.24) is 4.57 Å². The summed E-state index contributed by atoms with van der Waals surface area (Å²) in [7, 11) is 0. The molecule has 7 aromatic carbocycles. The lowest BCUT2D eigenvalue weighted by Gasteiger charge is -2.61. The Hall–Kier alpha value is -5.86. The van der Waals surface area contributed by atoms with Crippen LogP contribution in [0.4, 0.5) is 17.1 Å². The number of rotatable bonds is 4. The van der Waals surface area contributed by atoms with Crippen molar-refractivity contribution in [3.63, 3.8) is 0 Å². The van der Waals surface area contributed by atoms with Crippen molar-refractivity contribution in [2.24, 2.45) is 47.3 Å². The SMILES string of the molecule is c1ccc2c(c1)-c1cc(N(c3ccc(-n4c5ccccc5c5ccccc54)cc3)c3ccc4c(c3)C3(c5ccccc5-4)C4CC5CC(C4)CC3C5)ccc1C21C2CC3CC(C2)CC1C3. The van der Waals surface area contributed by atoms with E-state index >= 15 is 0 Å². The van der Waals surface area contributed by atoms with Gasteiger partial charge in [-0.3, -0.25) is 0 Å². The van der Waals surface area contributed by atoms with E-state index in [1.165, 1.54) is 131 Å². The Bertz CT molecular complexity index is 3160. The molecule has 0 atom stereocenters. The molecule has 0 amide bonds. The monoisotopic (exact) mass is 826 g/mol. The number of benzene rings is 7. The predicted octanol–water partition coefficient (Wildman–Crippen LogP) is 15.7. The maximum atomic E-state index is 2.69. The van der Waals surface area contributed by atoms with Gasteiger partial charge in [-0.1, -0.05) is 97.1 Å². The minimum absolute atomic E-state index is 0.115. The minimum Gasteiger partial charge on any atom is -0.310 e. The molecule has 10 aliphatic carbocycles. The fourth-order valence-electron chi connectivity index (χ4n) is 18.0. The van der Waals surface area contributed by atoms with E-state index in [0.717, 1.165) is 47.3 Å². The summed E-state index contributed by atoms with van der Waals surface area (Å²) in [6.07, 6.45) is 14.2. The van der Waals surface area contributed by atoms with E-state index in [9.17, 15) is 0 Å². The largest absolute Gasteiger partial charge is 0.310 e. The second-order valence-electron chi connectivity index (χ2n) is 22.1. The molecule has 0 radical (unpaired) electrons. The Morgan fingerprint density at radius 2 is 0.766 bits per heavy atom. The molecule has 10 aliphatic rings. The molecule has 0 aliphatic heterocycles. The highest BCUT2D eigenvalue weighted by molar-refractivity contribution is 6.09. The van der Waals surface area contributed by atoms with Crippen LogP contribution in [0.1, 0.15) is 86.5 Å². The van der Waals surface area contributed by atoms with Gasteiger partial charge in [-0.15, -0.1) is 0 Å². The van der Waals surface area contributed by atoms with E-state index in [4.69, 9.17) is 0 Å². The quantitative estimate of drug-likeness (QED) is 0.172. The number of aromatic nitrogens is 1. The first-order chi connectivity index (χ1) is 31.6. The van der Waals surface area contributed by atoms with Crippen molar-refractivity contribution in [3.05, 3.63) is 180 Å². The summed E-state index contributed by atoms with van der Waals surface area (Å²) >= 11 is 0. The van der Waals surface area contributed by atoms with Crippen LogP contribution in [-0.2, 0) is 10.8 Å². The molecular formula is C62H54N2. The molecule has 0 unspecified atom stereocenters. The van der Waals surface area contributed by atoms with Gasteiger partial charge in [0.2, 0.25) is 0 Å². The summed E-state index contributed by atoms with van der Waals surface area (Å²) in [6, 6.07) is 62.0. The summed E-state index contributed by atoms with van der Waals surface area (Å²) in [5, 5.41) is 2.61. The lowest BCUT2D eigenvalue weighted by Crippen LogP contribution is -2.55. The van der Waals surface area contributed by atoms with Crippen LogP contribution < -0.4 is 4.90 Å². The Morgan fingerprint density at radius 3 is 1.34 bits per heavy atom. The topological polar surface area (TPSA) is 8.17 Å². The van der Waals surface area contributed by atoms with Crippen LogP contribution in [0, 0.1) is 47.3 Å². The van der Waals surface area contributed by atoms with Crippen LogP contribution in [0.2, 0.25) is 0 Å². The predicted molar refractivity (Wildman–Crippen MR) is 262 cm³/mol. The number of para-hydroxylation sites is 2. The average Bonchev–Trinajstić information content (AvgIpc) is 3.92. The minimum atomic E-state index is 0.115. The Balaban J connectivity index is 0.897. The number of hydrogen-bond donors (Lipinski definition) is 0. The summed E-state index contributed by atoms with van der Waals surface area (Å²) in [4.78, 5) is 2.63.